The molecule has 174 valence electrons. The van der Waals surface area contributed by atoms with Crippen molar-refractivity contribution in [2.45, 2.75) is 49.0 Å². The van der Waals surface area contributed by atoms with Crippen molar-refractivity contribution in [1.82, 2.24) is 4.90 Å². The summed E-state index contributed by atoms with van der Waals surface area (Å²) in [7, 11) is 0. The highest BCUT2D eigenvalue weighted by atomic mass is 32.2. The SMILES string of the molecule is CC(C)(C)OC(=O)N1CCC(C(=O)OCC(=O)N2c3ccccc3Sc3ccccc32)CC1. The molecule has 2 amide bonds. The van der Waals surface area contributed by atoms with Crippen LogP contribution in [0.4, 0.5) is 16.2 Å². The molecule has 4 rings (SSSR count). The molecule has 7 nitrogen and oxygen atoms in total. The van der Waals surface area contributed by atoms with Gasteiger partial charge < -0.3 is 14.4 Å². The fourth-order valence-electron chi connectivity index (χ4n) is 3.91. The number of hydrogen-bond donors (Lipinski definition) is 0. The van der Waals surface area contributed by atoms with Crippen molar-refractivity contribution < 1.29 is 23.9 Å². The van der Waals surface area contributed by atoms with Crippen LogP contribution in [0.5, 0.6) is 0 Å². The van der Waals surface area contributed by atoms with Crippen LogP contribution in [0.2, 0.25) is 0 Å². The number of rotatable bonds is 3. The maximum absolute atomic E-state index is 13.2. The minimum atomic E-state index is -0.558. The first kappa shape index (κ1) is 23.2. The molecule has 0 N–H and O–H groups in total. The third-order valence-electron chi connectivity index (χ3n) is 5.50. The Morgan fingerprint density at radius 3 is 2.03 bits per heavy atom. The number of ether oxygens (including phenoxy) is 2. The molecule has 0 aromatic heterocycles. The molecule has 2 aliphatic heterocycles. The minimum Gasteiger partial charge on any atom is -0.455 e. The molecule has 1 saturated heterocycles. The Labute approximate surface area is 198 Å². The van der Waals surface area contributed by atoms with Crippen LogP contribution in [-0.4, -0.2) is 48.2 Å². The van der Waals surface area contributed by atoms with Gasteiger partial charge in [-0.05, 0) is 57.9 Å². The van der Waals surface area contributed by atoms with E-state index in [0.29, 0.717) is 25.9 Å². The van der Waals surface area contributed by atoms with Gasteiger partial charge in [0, 0.05) is 22.9 Å². The second kappa shape index (κ2) is 9.47. The third kappa shape index (κ3) is 5.33. The number of carbonyl (C=O) groups excluding carboxylic acids is 3. The van der Waals surface area contributed by atoms with Crippen LogP contribution in [0.15, 0.2) is 58.3 Å². The van der Waals surface area contributed by atoms with E-state index in [1.165, 1.54) is 0 Å². The number of anilines is 2. The number of carbonyl (C=O) groups is 3. The molecule has 2 aromatic carbocycles. The van der Waals surface area contributed by atoms with Crippen molar-refractivity contribution in [2.75, 3.05) is 24.6 Å². The maximum atomic E-state index is 13.2. The van der Waals surface area contributed by atoms with Gasteiger partial charge in [0.1, 0.15) is 5.60 Å². The second-order valence-electron chi connectivity index (χ2n) is 9.12. The molecule has 0 spiro atoms. The topological polar surface area (TPSA) is 76.1 Å². The summed E-state index contributed by atoms with van der Waals surface area (Å²) in [5.41, 5.74) is 1.01. The van der Waals surface area contributed by atoms with Gasteiger partial charge in [0.15, 0.2) is 6.61 Å². The lowest BCUT2D eigenvalue weighted by atomic mass is 9.97. The van der Waals surface area contributed by atoms with Crippen LogP contribution in [0.1, 0.15) is 33.6 Å². The number of fused-ring (bicyclic) bond motifs is 2. The summed E-state index contributed by atoms with van der Waals surface area (Å²) >= 11 is 1.61. The van der Waals surface area contributed by atoms with Gasteiger partial charge in [0.2, 0.25) is 0 Å². The minimum absolute atomic E-state index is 0.297. The van der Waals surface area contributed by atoms with E-state index in [1.54, 1.807) is 21.6 Å². The standard InChI is InChI=1S/C25H28N2O5S/c1-25(2,3)32-24(30)26-14-12-17(13-15-26)23(29)31-16-22(28)27-18-8-4-6-10-20(18)33-21-11-7-5-9-19(21)27/h4-11,17H,12-16H2,1-3H3. The first-order valence-corrected chi connectivity index (χ1v) is 11.9. The summed E-state index contributed by atoms with van der Waals surface area (Å²) in [6.45, 7) is 5.98. The average molecular weight is 469 g/mol. The van der Waals surface area contributed by atoms with E-state index >= 15 is 0 Å². The lowest BCUT2D eigenvalue weighted by Crippen LogP contribution is -2.43. The predicted octanol–water partition coefficient (Wildman–Crippen LogP) is 5.01. The molecular formula is C25H28N2O5S. The largest absolute Gasteiger partial charge is 0.455 e. The molecule has 0 bridgehead atoms. The first-order chi connectivity index (χ1) is 15.7. The van der Waals surface area contributed by atoms with Crippen molar-refractivity contribution in [1.29, 1.82) is 0 Å². The Hall–Kier alpha value is -3.00. The normalized spacial score (nSPS) is 16.0. The van der Waals surface area contributed by atoms with Gasteiger partial charge in [-0.15, -0.1) is 0 Å². The van der Waals surface area contributed by atoms with Crippen LogP contribution >= 0.6 is 11.8 Å². The highest BCUT2D eigenvalue weighted by Crippen LogP contribution is 2.47. The molecule has 0 atom stereocenters. The van der Waals surface area contributed by atoms with E-state index in [4.69, 9.17) is 9.47 Å². The monoisotopic (exact) mass is 468 g/mol. The molecule has 0 saturated carbocycles. The van der Waals surface area contributed by atoms with E-state index in [2.05, 4.69) is 0 Å². The summed E-state index contributed by atoms with van der Waals surface area (Å²) in [5.74, 6) is -1.04. The van der Waals surface area contributed by atoms with Crippen molar-refractivity contribution in [2.24, 2.45) is 5.92 Å². The molecule has 2 aliphatic rings. The number of benzene rings is 2. The lowest BCUT2D eigenvalue weighted by Gasteiger charge is -2.33. The summed E-state index contributed by atoms with van der Waals surface area (Å²) < 4.78 is 10.8. The van der Waals surface area contributed by atoms with Crippen molar-refractivity contribution in [3.05, 3.63) is 48.5 Å². The zero-order chi connectivity index (χ0) is 23.6. The van der Waals surface area contributed by atoms with Gasteiger partial charge >= 0.3 is 12.1 Å². The average Bonchev–Trinajstić information content (AvgIpc) is 2.79. The summed E-state index contributed by atoms with van der Waals surface area (Å²) in [5, 5.41) is 0. The smallest absolute Gasteiger partial charge is 0.410 e. The Kier molecular flexibility index (Phi) is 6.65. The zero-order valence-electron chi connectivity index (χ0n) is 19.1. The number of amides is 2. The van der Waals surface area contributed by atoms with Gasteiger partial charge in [-0.25, -0.2) is 4.79 Å². The lowest BCUT2D eigenvalue weighted by molar-refractivity contribution is -0.153. The number of hydrogen-bond acceptors (Lipinski definition) is 6. The van der Waals surface area contributed by atoms with E-state index in [1.807, 2.05) is 69.3 Å². The van der Waals surface area contributed by atoms with Gasteiger partial charge in [-0.2, -0.15) is 0 Å². The van der Waals surface area contributed by atoms with Gasteiger partial charge in [0.25, 0.3) is 5.91 Å². The summed E-state index contributed by atoms with van der Waals surface area (Å²) in [6.07, 6.45) is 0.598. The molecule has 33 heavy (non-hydrogen) atoms. The van der Waals surface area contributed by atoms with E-state index < -0.39 is 11.6 Å². The molecule has 2 heterocycles. The Morgan fingerprint density at radius 2 is 1.48 bits per heavy atom. The number of esters is 1. The summed E-state index contributed by atoms with van der Waals surface area (Å²) in [6, 6.07) is 15.4. The van der Waals surface area contributed by atoms with Crippen molar-refractivity contribution >= 4 is 41.1 Å². The van der Waals surface area contributed by atoms with Gasteiger partial charge in [-0.3, -0.25) is 14.5 Å². The van der Waals surface area contributed by atoms with Gasteiger partial charge in [-0.1, -0.05) is 36.0 Å². The quantitative estimate of drug-likeness (QED) is 0.590. The van der Waals surface area contributed by atoms with E-state index in [9.17, 15) is 14.4 Å². The Morgan fingerprint density at radius 1 is 0.939 bits per heavy atom. The molecule has 1 fully saturated rings. The number of para-hydroxylation sites is 2. The number of likely N-dealkylation sites (tertiary alicyclic amines) is 1. The van der Waals surface area contributed by atoms with Crippen LogP contribution < -0.4 is 4.90 Å². The molecule has 0 aliphatic carbocycles. The fourth-order valence-corrected chi connectivity index (χ4v) is 4.97. The summed E-state index contributed by atoms with van der Waals surface area (Å²) in [4.78, 5) is 43.2. The molecule has 0 unspecified atom stereocenters. The predicted molar refractivity (Wildman–Crippen MR) is 126 cm³/mol. The highest BCUT2D eigenvalue weighted by Gasteiger charge is 2.32. The van der Waals surface area contributed by atoms with Crippen LogP contribution in [-0.2, 0) is 19.1 Å². The van der Waals surface area contributed by atoms with E-state index in [0.717, 1.165) is 21.2 Å². The molecule has 2 aromatic rings. The van der Waals surface area contributed by atoms with E-state index in [-0.39, 0.29) is 24.5 Å². The third-order valence-corrected chi connectivity index (χ3v) is 6.63. The number of piperidine rings is 1. The van der Waals surface area contributed by atoms with Crippen LogP contribution in [0.3, 0.4) is 0 Å². The highest BCUT2D eigenvalue weighted by molar-refractivity contribution is 7.99. The number of nitrogens with zero attached hydrogens (tertiary/aromatic N) is 2. The Bertz CT molecular complexity index is 1010. The molecular weight excluding hydrogens is 440 g/mol. The Balaban J connectivity index is 1.36. The van der Waals surface area contributed by atoms with Crippen LogP contribution in [0.25, 0.3) is 0 Å². The first-order valence-electron chi connectivity index (χ1n) is 11.1. The maximum Gasteiger partial charge on any atom is 0.410 e. The van der Waals surface area contributed by atoms with Gasteiger partial charge in [0.05, 0.1) is 17.3 Å². The van der Waals surface area contributed by atoms with Crippen molar-refractivity contribution in [3.8, 4) is 0 Å². The second-order valence-corrected chi connectivity index (χ2v) is 10.2. The zero-order valence-corrected chi connectivity index (χ0v) is 19.9. The molecule has 0 radical (unpaired) electrons. The molecule has 8 heteroatoms. The van der Waals surface area contributed by atoms with Crippen molar-refractivity contribution in [3.63, 3.8) is 0 Å². The fraction of sp³-hybridized carbons (Fsp3) is 0.400. The van der Waals surface area contributed by atoms with Crippen LogP contribution in [0, 0.1) is 5.92 Å².